The van der Waals surface area contributed by atoms with Crippen LogP contribution in [0.2, 0.25) is 0 Å². The third-order valence-corrected chi connectivity index (χ3v) is 4.28. The normalized spacial score (nSPS) is 28.4. The standard InChI is InChI=1S/C15H23N5O6/c1-15(2,3)26-14(25)20-7(4-21)9(22)10(23)13(20)19-6-18-8-11(19)16-5-17-12(8)24/h6-7,9-10,13,16,21-23H,4-5H2,1-3H3,(H,17,24)/t7-,9-,10-,13-/m1/s1. The van der Waals surface area contributed by atoms with Crippen molar-refractivity contribution in [2.45, 2.75) is 50.8 Å². The highest BCUT2D eigenvalue weighted by atomic mass is 16.6. The van der Waals surface area contributed by atoms with E-state index >= 15 is 0 Å². The maximum atomic E-state index is 12.7. The molecule has 5 N–H and O–H groups in total. The summed E-state index contributed by atoms with van der Waals surface area (Å²) in [5.41, 5.74) is -0.707. The molecule has 11 heteroatoms. The van der Waals surface area contributed by atoms with Crippen LogP contribution in [-0.2, 0) is 4.74 Å². The van der Waals surface area contributed by atoms with Crippen LogP contribution in [0.25, 0.3) is 0 Å². The fourth-order valence-electron chi connectivity index (χ4n) is 3.18. The van der Waals surface area contributed by atoms with E-state index in [1.165, 1.54) is 10.9 Å². The predicted octanol–water partition coefficient (Wildman–Crippen LogP) is -1.17. The minimum Gasteiger partial charge on any atom is -0.444 e. The van der Waals surface area contributed by atoms with Crippen LogP contribution >= 0.6 is 0 Å². The second-order valence-electron chi connectivity index (χ2n) is 7.24. The summed E-state index contributed by atoms with van der Waals surface area (Å²) in [5, 5.41) is 36.0. The Hall–Kier alpha value is -2.37. The van der Waals surface area contributed by atoms with E-state index in [0.29, 0.717) is 5.82 Å². The number of rotatable bonds is 2. The van der Waals surface area contributed by atoms with Gasteiger partial charge in [0.15, 0.2) is 5.69 Å². The number of carbonyl (C=O) groups excluding carboxylic acids is 2. The molecule has 0 aliphatic carbocycles. The minimum absolute atomic E-state index is 0.106. The maximum Gasteiger partial charge on any atom is 0.412 e. The van der Waals surface area contributed by atoms with Gasteiger partial charge in [-0.15, -0.1) is 0 Å². The lowest BCUT2D eigenvalue weighted by atomic mass is 10.1. The average molecular weight is 369 g/mol. The fraction of sp³-hybridized carbons (Fsp3) is 0.667. The highest BCUT2D eigenvalue weighted by Crippen LogP contribution is 2.37. The van der Waals surface area contributed by atoms with Gasteiger partial charge in [0.25, 0.3) is 5.91 Å². The van der Waals surface area contributed by atoms with Crippen LogP contribution in [-0.4, -0.2) is 78.9 Å². The number of fused-ring (bicyclic) bond motifs is 1. The Morgan fingerprint density at radius 3 is 2.65 bits per heavy atom. The first-order chi connectivity index (χ1) is 12.2. The molecule has 0 aromatic carbocycles. The molecule has 144 valence electrons. The first-order valence-electron chi connectivity index (χ1n) is 8.23. The van der Waals surface area contributed by atoms with E-state index in [-0.39, 0.29) is 12.4 Å². The summed E-state index contributed by atoms with van der Waals surface area (Å²) in [7, 11) is 0. The van der Waals surface area contributed by atoms with Gasteiger partial charge in [0.1, 0.15) is 29.8 Å². The molecule has 0 unspecified atom stereocenters. The number of likely N-dealkylation sites (tertiary alicyclic amines) is 1. The van der Waals surface area contributed by atoms with Gasteiger partial charge in [-0.2, -0.15) is 0 Å². The Labute approximate surface area is 149 Å². The molecule has 1 saturated heterocycles. The fourth-order valence-corrected chi connectivity index (χ4v) is 3.18. The number of amides is 2. The molecule has 1 aromatic heterocycles. The van der Waals surface area contributed by atoms with Crippen LogP contribution in [0.3, 0.4) is 0 Å². The summed E-state index contributed by atoms with van der Waals surface area (Å²) in [6.07, 6.45) is -3.43. The van der Waals surface area contributed by atoms with Gasteiger partial charge >= 0.3 is 6.09 Å². The van der Waals surface area contributed by atoms with Crippen LogP contribution in [0.5, 0.6) is 0 Å². The van der Waals surface area contributed by atoms with Gasteiger partial charge in [0.2, 0.25) is 0 Å². The van der Waals surface area contributed by atoms with Gasteiger partial charge in [-0.3, -0.25) is 14.3 Å². The zero-order valence-corrected chi connectivity index (χ0v) is 14.7. The third kappa shape index (κ3) is 2.97. The van der Waals surface area contributed by atoms with Crippen molar-refractivity contribution in [1.29, 1.82) is 0 Å². The second kappa shape index (κ2) is 6.41. The van der Waals surface area contributed by atoms with Crippen molar-refractivity contribution in [3.05, 3.63) is 12.0 Å². The average Bonchev–Trinajstić information content (AvgIpc) is 3.07. The van der Waals surface area contributed by atoms with Gasteiger partial charge in [-0.1, -0.05) is 0 Å². The van der Waals surface area contributed by atoms with Gasteiger partial charge in [0.05, 0.1) is 25.6 Å². The van der Waals surface area contributed by atoms with Gasteiger partial charge in [-0.05, 0) is 20.8 Å². The SMILES string of the molecule is CC(C)(C)OC(=O)N1[C@H](CO)[C@@H](O)[C@@H](O)[C@@H]1n1cnc2c1NCNC2=O. The number of aliphatic hydroxyl groups excluding tert-OH is 3. The molecule has 3 rings (SSSR count). The van der Waals surface area contributed by atoms with Crippen LogP contribution in [0.4, 0.5) is 10.6 Å². The van der Waals surface area contributed by atoms with E-state index in [0.717, 1.165) is 4.90 Å². The van der Waals surface area contributed by atoms with E-state index in [4.69, 9.17) is 4.74 Å². The first kappa shape index (κ1) is 18.4. The Kier molecular flexibility index (Phi) is 4.54. The Bertz CT molecular complexity index is 714. The lowest BCUT2D eigenvalue weighted by Gasteiger charge is -2.33. The van der Waals surface area contributed by atoms with Crippen molar-refractivity contribution in [2.24, 2.45) is 0 Å². The molecule has 2 aliphatic rings. The van der Waals surface area contributed by atoms with Crippen molar-refractivity contribution in [2.75, 3.05) is 18.6 Å². The van der Waals surface area contributed by atoms with Crippen LogP contribution in [0.1, 0.15) is 37.4 Å². The number of anilines is 1. The number of hydrogen-bond donors (Lipinski definition) is 5. The monoisotopic (exact) mass is 369 g/mol. The molecule has 2 aliphatic heterocycles. The summed E-state index contributed by atoms with van der Waals surface area (Å²) >= 11 is 0. The molecule has 11 nitrogen and oxygen atoms in total. The molecule has 4 atom stereocenters. The lowest BCUT2D eigenvalue weighted by molar-refractivity contribution is -0.00839. The molecule has 0 saturated carbocycles. The summed E-state index contributed by atoms with van der Waals surface area (Å²) in [4.78, 5) is 29.7. The number of nitrogens with zero attached hydrogens (tertiary/aromatic N) is 3. The molecular formula is C15H23N5O6. The zero-order chi connectivity index (χ0) is 19.2. The van der Waals surface area contributed by atoms with Gasteiger partial charge < -0.3 is 30.7 Å². The van der Waals surface area contributed by atoms with Crippen LogP contribution < -0.4 is 10.6 Å². The van der Waals surface area contributed by atoms with Crippen molar-refractivity contribution in [1.82, 2.24) is 19.8 Å². The number of ether oxygens (including phenoxy) is 1. The number of aliphatic hydroxyl groups is 3. The third-order valence-electron chi connectivity index (χ3n) is 4.28. The highest BCUT2D eigenvalue weighted by molar-refractivity contribution is 5.98. The number of hydrogen-bond acceptors (Lipinski definition) is 8. The molecule has 2 amide bonds. The highest BCUT2D eigenvalue weighted by Gasteiger charge is 2.52. The van der Waals surface area contributed by atoms with E-state index < -0.39 is 48.6 Å². The number of imidazole rings is 1. The van der Waals surface area contributed by atoms with E-state index in [1.54, 1.807) is 20.8 Å². The Balaban J connectivity index is 2.02. The minimum atomic E-state index is -1.41. The Morgan fingerprint density at radius 2 is 2.04 bits per heavy atom. The van der Waals surface area contributed by atoms with Crippen molar-refractivity contribution < 1.29 is 29.6 Å². The van der Waals surface area contributed by atoms with Crippen molar-refractivity contribution in [3.63, 3.8) is 0 Å². The quantitative estimate of drug-likeness (QED) is 0.438. The second-order valence-corrected chi connectivity index (χ2v) is 7.24. The van der Waals surface area contributed by atoms with Gasteiger partial charge in [0, 0.05) is 0 Å². The smallest absolute Gasteiger partial charge is 0.412 e. The molecule has 1 aromatic rings. The lowest BCUT2D eigenvalue weighted by Crippen LogP contribution is -2.46. The number of carbonyl (C=O) groups is 2. The van der Waals surface area contributed by atoms with Crippen LogP contribution in [0, 0.1) is 0 Å². The summed E-state index contributed by atoms with van der Waals surface area (Å²) in [6.45, 7) is 4.63. The van der Waals surface area contributed by atoms with Crippen molar-refractivity contribution >= 4 is 17.8 Å². The topological polar surface area (TPSA) is 149 Å². The molecule has 0 radical (unpaired) electrons. The summed E-state index contributed by atoms with van der Waals surface area (Å²) in [6, 6.07) is -1.07. The largest absolute Gasteiger partial charge is 0.444 e. The summed E-state index contributed by atoms with van der Waals surface area (Å²) < 4.78 is 6.75. The maximum absolute atomic E-state index is 12.7. The number of aromatic nitrogens is 2. The van der Waals surface area contributed by atoms with E-state index in [9.17, 15) is 24.9 Å². The molecule has 0 bridgehead atoms. The molecule has 26 heavy (non-hydrogen) atoms. The zero-order valence-electron chi connectivity index (χ0n) is 14.7. The Morgan fingerprint density at radius 1 is 1.35 bits per heavy atom. The predicted molar refractivity (Wildman–Crippen MR) is 88.2 cm³/mol. The first-order valence-corrected chi connectivity index (χ1v) is 8.23. The molecule has 0 spiro atoms. The summed E-state index contributed by atoms with van der Waals surface area (Å²) in [5.74, 6) is -0.0924. The van der Waals surface area contributed by atoms with E-state index in [1.807, 2.05) is 0 Å². The van der Waals surface area contributed by atoms with Gasteiger partial charge in [-0.25, -0.2) is 9.78 Å². The van der Waals surface area contributed by atoms with E-state index in [2.05, 4.69) is 15.6 Å². The molecule has 3 heterocycles. The van der Waals surface area contributed by atoms with Crippen LogP contribution in [0.15, 0.2) is 6.33 Å². The molecular weight excluding hydrogens is 346 g/mol. The number of nitrogens with one attached hydrogen (secondary N) is 2. The molecule has 1 fully saturated rings. The van der Waals surface area contributed by atoms with Crippen molar-refractivity contribution in [3.8, 4) is 0 Å².